The van der Waals surface area contributed by atoms with Crippen molar-refractivity contribution in [3.05, 3.63) is 29.8 Å². The Morgan fingerprint density at radius 3 is 2.50 bits per heavy atom. The average molecular weight is 340 g/mol. The summed E-state index contributed by atoms with van der Waals surface area (Å²) in [6.45, 7) is 1.51. The topological polar surface area (TPSA) is 104 Å². The van der Waals surface area contributed by atoms with E-state index in [1.54, 1.807) is 24.3 Å². The zero-order valence-electron chi connectivity index (χ0n) is 13.3. The second-order valence-electron chi connectivity index (χ2n) is 5.69. The maximum absolute atomic E-state index is 10.9. The Kier molecular flexibility index (Phi) is 5.14. The van der Waals surface area contributed by atoms with E-state index in [1.807, 2.05) is 0 Å². The molecule has 2 N–H and O–H groups in total. The molecule has 0 aliphatic carbocycles. The average Bonchev–Trinajstić information content (AvgIpc) is 2.58. The van der Waals surface area contributed by atoms with E-state index in [1.165, 1.54) is 14.0 Å². The predicted octanol–water partition coefficient (Wildman–Crippen LogP) is 0.119. The second kappa shape index (κ2) is 7.14. The standard InChI is InChI=1S/C16H20O8/c1-8(17)22-10-5-3-9(4-6-10)15-21-7-11-14(24-15)12(18)13(19)16(20-2)23-11/h3-6,11-16,18-19H,7H2,1-2H3/t11-,12-,13-,14+,15?,16+/m1/s1. The van der Waals surface area contributed by atoms with Crippen LogP contribution in [0, 0.1) is 0 Å². The minimum Gasteiger partial charge on any atom is -0.427 e. The zero-order chi connectivity index (χ0) is 17.3. The molecule has 8 nitrogen and oxygen atoms in total. The number of carbonyl (C=O) groups excluding carboxylic acids is 1. The number of benzene rings is 1. The highest BCUT2D eigenvalue weighted by atomic mass is 16.7. The van der Waals surface area contributed by atoms with Crippen LogP contribution >= 0.6 is 0 Å². The Hall–Kier alpha value is -1.55. The summed E-state index contributed by atoms with van der Waals surface area (Å²) in [4.78, 5) is 10.9. The SMILES string of the molecule is CO[C@H]1O[C@@H]2COC(c3ccc(OC(C)=O)cc3)O[C@@H]2[C@H](O)[C@H]1O. The number of ether oxygens (including phenoxy) is 5. The van der Waals surface area contributed by atoms with Gasteiger partial charge in [-0.1, -0.05) is 12.1 Å². The van der Waals surface area contributed by atoms with E-state index >= 15 is 0 Å². The Bertz CT molecular complexity index is 572. The molecule has 0 bridgehead atoms. The molecule has 2 fully saturated rings. The lowest BCUT2D eigenvalue weighted by Crippen LogP contribution is -2.62. The van der Waals surface area contributed by atoms with Crippen LogP contribution in [-0.2, 0) is 23.7 Å². The summed E-state index contributed by atoms with van der Waals surface area (Å²) in [5.74, 6) is 0.0132. The third-order valence-electron chi connectivity index (χ3n) is 3.98. The fourth-order valence-electron chi connectivity index (χ4n) is 2.80. The fraction of sp³-hybridized carbons (Fsp3) is 0.562. The van der Waals surface area contributed by atoms with Gasteiger partial charge in [-0.15, -0.1) is 0 Å². The Balaban J connectivity index is 1.69. The molecule has 0 spiro atoms. The van der Waals surface area contributed by atoms with Crippen molar-refractivity contribution in [2.45, 2.75) is 43.9 Å². The molecule has 132 valence electrons. The number of methoxy groups -OCH3 is 1. The van der Waals surface area contributed by atoms with Crippen LogP contribution in [-0.4, -0.2) is 60.6 Å². The molecule has 0 saturated carbocycles. The monoisotopic (exact) mass is 340 g/mol. The molecule has 8 heteroatoms. The van der Waals surface area contributed by atoms with E-state index in [0.29, 0.717) is 11.3 Å². The number of fused-ring (bicyclic) bond motifs is 1. The first-order valence-electron chi connectivity index (χ1n) is 7.59. The lowest BCUT2D eigenvalue weighted by atomic mass is 9.98. The summed E-state index contributed by atoms with van der Waals surface area (Å²) in [6, 6.07) is 6.65. The number of esters is 1. The van der Waals surface area contributed by atoms with Gasteiger partial charge in [0, 0.05) is 19.6 Å². The van der Waals surface area contributed by atoms with Crippen LogP contribution in [0.3, 0.4) is 0 Å². The molecule has 0 aromatic heterocycles. The van der Waals surface area contributed by atoms with Crippen LogP contribution in [0.5, 0.6) is 5.75 Å². The van der Waals surface area contributed by atoms with E-state index in [4.69, 9.17) is 23.7 Å². The van der Waals surface area contributed by atoms with Crippen molar-refractivity contribution in [1.29, 1.82) is 0 Å². The lowest BCUT2D eigenvalue weighted by Gasteiger charge is -2.45. The largest absolute Gasteiger partial charge is 0.427 e. The molecule has 1 unspecified atom stereocenters. The summed E-state index contributed by atoms with van der Waals surface area (Å²) < 4.78 is 26.9. The molecule has 2 aliphatic rings. The molecule has 1 aromatic carbocycles. The molecule has 0 amide bonds. The quantitative estimate of drug-likeness (QED) is 0.591. The normalized spacial score (nSPS) is 36.0. The second-order valence-corrected chi connectivity index (χ2v) is 5.69. The van der Waals surface area contributed by atoms with Crippen LogP contribution in [0.1, 0.15) is 18.8 Å². The number of hydrogen-bond donors (Lipinski definition) is 2. The molecule has 24 heavy (non-hydrogen) atoms. The van der Waals surface area contributed by atoms with E-state index in [2.05, 4.69) is 0 Å². The highest BCUT2D eigenvalue weighted by Gasteiger charge is 2.48. The summed E-state index contributed by atoms with van der Waals surface area (Å²) in [5.41, 5.74) is 0.694. The van der Waals surface area contributed by atoms with Gasteiger partial charge in [-0.25, -0.2) is 0 Å². The third kappa shape index (κ3) is 3.44. The van der Waals surface area contributed by atoms with Gasteiger partial charge in [0.2, 0.25) is 0 Å². The maximum Gasteiger partial charge on any atom is 0.308 e. The van der Waals surface area contributed by atoms with Crippen molar-refractivity contribution in [2.75, 3.05) is 13.7 Å². The van der Waals surface area contributed by atoms with Gasteiger partial charge in [0.15, 0.2) is 12.6 Å². The number of carbonyl (C=O) groups is 1. The number of hydrogen-bond acceptors (Lipinski definition) is 8. The van der Waals surface area contributed by atoms with E-state index < -0.39 is 43.0 Å². The van der Waals surface area contributed by atoms with Crippen molar-refractivity contribution < 1.29 is 38.7 Å². The lowest BCUT2D eigenvalue weighted by molar-refractivity contribution is -0.358. The minimum atomic E-state index is -1.21. The number of aliphatic hydroxyl groups excluding tert-OH is 2. The van der Waals surface area contributed by atoms with E-state index in [0.717, 1.165) is 0 Å². The molecule has 2 heterocycles. The first-order chi connectivity index (χ1) is 11.5. The number of aliphatic hydroxyl groups is 2. The summed E-state index contributed by atoms with van der Waals surface area (Å²) in [7, 11) is 1.39. The molecule has 3 rings (SSSR count). The Morgan fingerprint density at radius 2 is 1.88 bits per heavy atom. The molecule has 0 radical (unpaired) electrons. The fourth-order valence-corrected chi connectivity index (χ4v) is 2.80. The molecule has 6 atom stereocenters. The van der Waals surface area contributed by atoms with Crippen molar-refractivity contribution >= 4 is 5.97 Å². The molecule has 1 aromatic rings. The molecular weight excluding hydrogens is 320 g/mol. The summed E-state index contributed by atoms with van der Waals surface area (Å²) in [5, 5.41) is 20.2. The highest BCUT2D eigenvalue weighted by molar-refractivity contribution is 5.69. The van der Waals surface area contributed by atoms with Crippen molar-refractivity contribution in [3.8, 4) is 5.75 Å². The first-order valence-corrected chi connectivity index (χ1v) is 7.59. The van der Waals surface area contributed by atoms with Gasteiger partial charge in [-0.2, -0.15) is 0 Å². The van der Waals surface area contributed by atoms with Crippen LogP contribution in [0.2, 0.25) is 0 Å². The van der Waals surface area contributed by atoms with Crippen molar-refractivity contribution in [2.24, 2.45) is 0 Å². The molecule has 2 saturated heterocycles. The molecule has 2 aliphatic heterocycles. The molecular formula is C16H20O8. The zero-order valence-corrected chi connectivity index (χ0v) is 13.3. The van der Waals surface area contributed by atoms with Crippen LogP contribution in [0.15, 0.2) is 24.3 Å². The smallest absolute Gasteiger partial charge is 0.308 e. The van der Waals surface area contributed by atoms with Gasteiger partial charge in [0.1, 0.15) is 30.2 Å². The Labute approximate surface area is 138 Å². The van der Waals surface area contributed by atoms with E-state index in [-0.39, 0.29) is 6.61 Å². The third-order valence-corrected chi connectivity index (χ3v) is 3.98. The van der Waals surface area contributed by atoms with Gasteiger partial charge in [0.25, 0.3) is 0 Å². The van der Waals surface area contributed by atoms with E-state index in [9.17, 15) is 15.0 Å². The Morgan fingerprint density at radius 1 is 1.17 bits per heavy atom. The van der Waals surface area contributed by atoms with Gasteiger partial charge >= 0.3 is 5.97 Å². The van der Waals surface area contributed by atoms with Gasteiger partial charge in [0.05, 0.1) is 6.61 Å². The van der Waals surface area contributed by atoms with Crippen molar-refractivity contribution in [1.82, 2.24) is 0 Å². The minimum absolute atomic E-state index is 0.185. The van der Waals surface area contributed by atoms with Gasteiger partial charge in [-0.3, -0.25) is 4.79 Å². The first kappa shape index (κ1) is 17.3. The van der Waals surface area contributed by atoms with Crippen LogP contribution in [0.25, 0.3) is 0 Å². The summed E-state index contributed by atoms with van der Waals surface area (Å²) >= 11 is 0. The van der Waals surface area contributed by atoms with Crippen LogP contribution in [0.4, 0.5) is 0 Å². The van der Waals surface area contributed by atoms with Gasteiger partial charge < -0.3 is 33.9 Å². The van der Waals surface area contributed by atoms with Crippen LogP contribution < -0.4 is 4.74 Å². The maximum atomic E-state index is 10.9. The van der Waals surface area contributed by atoms with Crippen molar-refractivity contribution in [3.63, 3.8) is 0 Å². The van der Waals surface area contributed by atoms with Gasteiger partial charge in [-0.05, 0) is 12.1 Å². The highest BCUT2D eigenvalue weighted by Crippen LogP contribution is 2.34. The summed E-state index contributed by atoms with van der Waals surface area (Å²) in [6.07, 6.45) is -5.28. The number of rotatable bonds is 3. The predicted molar refractivity (Wildman–Crippen MR) is 79.0 cm³/mol.